The lowest BCUT2D eigenvalue weighted by Crippen LogP contribution is -2.44. The van der Waals surface area contributed by atoms with Crippen LogP contribution in [0.2, 0.25) is 0 Å². The molecule has 53 heavy (non-hydrogen) atoms. The first kappa shape index (κ1) is 37.6. The number of ketones is 1. The molecule has 3 heterocycles. The highest BCUT2D eigenvalue weighted by Gasteiger charge is 2.31. The van der Waals surface area contributed by atoms with Crippen LogP contribution in [0.25, 0.3) is 22.5 Å². The number of likely N-dealkylation sites (N-methyl/N-ethyl adjacent to an activating group) is 1. The lowest BCUT2D eigenvalue weighted by molar-refractivity contribution is -0.129. The molecule has 3 N–H and O–H groups in total. The first-order valence-corrected chi connectivity index (χ1v) is 18.6. The van der Waals surface area contributed by atoms with E-state index in [0.29, 0.717) is 24.5 Å². The summed E-state index contributed by atoms with van der Waals surface area (Å²) in [4.78, 5) is 49.3. The molecule has 13 heteroatoms. The number of piperazine rings is 1. The molecular formula is C40H51N9O4. The van der Waals surface area contributed by atoms with Gasteiger partial charge in [0, 0.05) is 68.4 Å². The van der Waals surface area contributed by atoms with Gasteiger partial charge in [-0.1, -0.05) is 24.3 Å². The van der Waals surface area contributed by atoms with Crippen LogP contribution in [-0.2, 0) is 20.7 Å². The molecule has 1 aliphatic heterocycles. The number of nitrogens with zero attached hydrogens (tertiary/aromatic N) is 6. The first-order valence-electron chi connectivity index (χ1n) is 18.6. The van der Waals surface area contributed by atoms with Gasteiger partial charge in [-0.15, -0.1) is 10.2 Å². The monoisotopic (exact) mass is 721 g/mol. The van der Waals surface area contributed by atoms with Gasteiger partial charge in [-0.3, -0.25) is 9.59 Å². The molecule has 1 saturated carbocycles. The van der Waals surface area contributed by atoms with Gasteiger partial charge in [0.15, 0.2) is 0 Å². The summed E-state index contributed by atoms with van der Waals surface area (Å²) < 4.78 is 5.38. The van der Waals surface area contributed by atoms with Gasteiger partial charge in [-0.05, 0) is 124 Å². The van der Waals surface area contributed by atoms with Gasteiger partial charge < -0.3 is 25.2 Å². The average Bonchev–Trinajstić information content (AvgIpc) is 3.69. The Hall–Kier alpha value is -5.17. The van der Waals surface area contributed by atoms with Crippen molar-refractivity contribution in [3.63, 3.8) is 0 Å². The molecule has 1 saturated heterocycles. The topological polar surface area (TPSA) is 158 Å². The van der Waals surface area contributed by atoms with Crippen LogP contribution < -0.4 is 15.5 Å². The van der Waals surface area contributed by atoms with Crippen molar-refractivity contribution in [2.75, 3.05) is 50.0 Å². The van der Waals surface area contributed by atoms with Crippen molar-refractivity contribution in [3.8, 4) is 22.5 Å². The van der Waals surface area contributed by atoms with E-state index >= 15 is 0 Å². The SMILES string of the molecule is CN1CCN(c2cc(-c3cccc(C[C@H](CC(=O)C4CCC(CNC(=O)OC(C)(C)C)CC4)C(=O)Nc4ccc(-c5nn[nH]n5)cc4)c3)ccn2)CC1. The summed E-state index contributed by atoms with van der Waals surface area (Å²) in [5.41, 5.74) is 3.93. The minimum Gasteiger partial charge on any atom is -0.444 e. The van der Waals surface area contributed by atoms with Gasteiger partial charge in [0.05, 0.1) is 0 Å². The Morgan fingerprint density at radius 3 is 2.36 bits per heavy atom. The average molecular weight is 722 g/mol. The van der Waals surface area contributed by atoms with Crippen molar-refractivity contribution in [2.24, 2.45) is 17.8 Å². The zero-order valence-electron chi connectivity index (χ0n) is 31.2. The lowest BCUT2D eigenvalue weighted by Gasteiger charge is -2.33. The molecule has 1 atom stereocenters. The number of hydrogen-bond donors (Lipinski definition) is 3. The Morgan fingerprint density at radius 1 is 0.925 bits per heavy atom. The zero-order valence-corrected chi connectivity index (χ0v) is 31.2. The minimum absolute atomic E-state index is 0.110. The lowest BCUT2D eigenvalue weighted by atomic mass is 9.77. The molecule has 280 valence electrons. The fraction of sp³-hybridized carbons (Fsp3) is 0.475. The van der Waals surface area contributed by atoms with Gasteiger partial charge in [0.2, 0.25) is 11.7 Å². The van der Waals surface area contributed by atoms with Crippen molar-refractivity contribution in [2.45, 2.75) is 64.9 Å². The smallest absolute Gasteiger partial charge is 0.407 e. The number of nitrogens with one attached hydrogen (secondary N) is 3. The largest absolute Gasteiger partial charge is 0.444 e. The number of pyridine rings is 1. The molecule has 0 radical (unpaired) electrons. The Morgan fingerprint density at radius 2 is 1.66 bits per heavy atom. The normalized spacial score (nSPS) is 18.6. The summed E-state index contributed by atoms with van der Waals surface area (Å²) in [7, 11) is 2.14. The summed E-state index contributed by atoms with van der Waals surface area (Å²) in [5.74, 6) is 0.934. The number of anilines is 2. The Labute approximate surface area is 311 Å². The predicted octanol–water partition coefficient (Wildman–Crippen LogP) is 5.77. The molecule has 6 rings (SSSR count). The van der Waals surface area contributed by atoms with Crippen LogP contribution in [0.3, 0.4) is 0 Å². The van der Waals surface area contributed by atoms with Crippen molar-refractivity contribution >= 4 is 29.3 Å². The molecule has 2 fully saturated rings. The number of Topliss-reactive ketones (excluding diaryl/α,β-unsaturated/α-hetero) is 1. The second-order valence-corrected chi connectivity index (χ2v) is 15.4. The van der Waals surface area contributed by atoms with Crippen molar-refractivity contribution < 1.29 is 19.1 Å². The number of aromatic amines is 1. The molecule has 13 nitrogen and oxygen atoms in total. The molecule has 2 aromatic carbocycles. The number of benzene rings is 2. The second-order valence-electron chi connectivity index (χ2n) is 15.4. The van der Waals surface area contributed by atoms with E-state index in [1.54, 1.807) is 12.1 Å². The third-order valence-corrected chi connectivity index (χ3v) is 10.1. The van der Waals surface area contributed by atoms with Crippen molar-refractivity contribution in [1.82, 2.24) is 35.8 Å². The van der Waals surface area contributed by atoms with Crippen molar-refractivity contribution in [1.29, 1.82) is 0 Å². The summed E-state index contributed by atoms with van der Waals surface area (Å²) >= 11 is 0. The molecule has 1 aliphatic carbocycles. The zero-order chi connectivity index (χ0) is 37.4. The van der Waals surface area contributed by atoms with Gasteiger partial charge in [0.1, 0.15) is 17.2 Å². The van der Waals surface area contributed by atoms with Gasteiger partial charge in [-0.25, -0.2) is 9.78 Å². The number of hydrogen-bond acceptors (Lipinski definition) is 10. The Bertz CT molecular complexity index is 1830. The summed E-state index contributed by atoms with van der Waals surface area (Å²) in [6.07, 6.45) is 5.13. The molecule has 2 aliphatic rings. The van der Waals surface area contributed by atoms with Crippen LogP contribution >= 0.6 is 0 Å². The molecule has 0 unspecified atom stereocenters. The fourth-order valence-corrected chi connectivity index (χ4v) is 7.10. The predicted molar refractivity (Wildman–Crippen MR) is 204 cm³/mol. The van der Waals surface area contributed by atoms with Crippen LogP contribution in [0.4, 0.5) is 16.3 Å². The van der Waals surface area contributed by atoms with E-state index < -0.39 is 17.6 Å². The van der Waals surface area contributed by atoms with E-state index in [9.17, 15) is 14.4 Å². The van der Waals surface area contributed by atoms with Crippen LogP contribution in [0.5, 0.6) is 0 Å². The maximum atomic E-state index is 14.0. The molecule has 2 amide bonds. The highest BCUT2D eigenvalue weighted by Crippen LogP contribution is 2.32. The number of rotatable bonds is 12. The first-order chi connectivity index (χ1) is 25.5. The second kappa shape index (κ2) is 17.1. The van der Waals surface area contributed by atoms with Crippen LogP contribution in [-0.4, -0.2) is 93.7 Å². The van der Waals surface area contributed by atoms with Crippen LogP contribution in [0.15, 0.2) is 66.9 Å². The highest BCUT2D eigenvalue weighted by atomic mass is 16.6. The maximum Gasteiger partial charge on any atom is 0.407 e. The molecule has 4 aromatic rings. The van der Waals surface area contributed by atoms with E-state index in [0.717, 1.165) is 79.9 Å². The van der Waals surface area contributed by atoms with Gasteiger partial charge in [-0.2, -0.15) is 5.21 Å². The fourth-order valence-electron chi connectivity index (χ4n) is 7.10. The van der Waals surface area contributed by atoms with Crippen molar-refractivity contribution in [3.05, 3.63) is 72.4 Å². The van der Waals surface area contributed by atoms with Gasteiger partial charge >= 0.3 is 6.09 Å². The number of tetrazole rings is 1. The van der Waals surface area contributed by atoms with E-state index in [-0.39, 0.29) is 29.9 Å². The summed E-state index contributed by atoms with van der Waals surface area (Å²) in [6.45, 7) is 9.91. The molecule has 0 spiro atoms. The number of H-pyrrole nitrogens is 1. The molecule has 0 bridgehead atoms. The van der Waals surface area contributed by atoms with Gasteiger partial charge in [0.25, 0.3) is 0 Å². The summed E-state index contributed by atoms with van der Waals surface area (Å²) in [6, 6.07) is 19.6. The minimum atomic E-state index is -0.570. The van der Waals surface area contributed by atoms with Crippen LogP contribution in [0, 0.1) is 17.8 Å². The van der Waals surface area contributed by atoms with E-state index in [4.69, 9.17) is 4.74 Å². The quantitative estimate of drug-likeness (QED) is 0.164. The third kappa shape index (κ3) is 10.7. The number of carbonyl (C=O) groups is 3. The standard InChI is InChI=1S/C40H51N9O4/c1-40(2,3)53-39(52)42-26-27-8-10-29(11-9-27)35(50)24-33(38(51)43-34-14-12-30(13-15-34)37-44-46-47-45-37)23-28-6-5-7-31(22-28)32-16-17-41-36(25-32)49-20-18-48(4)19-21-49/h5-7,12-17,22,25,27,29,33H,8-11,18-21,23-24,26H2,1-4H3,(H,42,52)(H,43,51)(H,44,45,46,47)/t27?,29?,33-/m1/s1. The van der Waals surface area contributed by atoms with Crippen LogP contribution in [0.1, 0.15) is 58.4 Å². The summed E-state index contributed by atoms with van der Waals surface area (Å²) in [5, 5.41) is 20.1. The number of ether oxygens (including phenoxy) is 1. The molecular weight excluding hydrogens is 670 g/mol. The number of aromatic nitrogens is 5. The Balaban J connectivity index is 1.13. The third-order valence-electron chi connectivity index (χ3n) is 10.1. The molecule has 2 aromatic heterocycles. The number of carbonyl (C=O) groups excluding carboxylic acids is 3. The van der Waals surface area contributed by atoms with E-state index in [1.165, 1.54) is 0 Å². The Kier molecular flexibility index (Phi) is 12.1. The van der Waals surface area contributed by atoms with E-state index in [2.05, 4.69) is 71.3 Å². The number of amides is 2. The highest BCUT2D eigenvalue weighted by molar-refractivity contribution is 5.96. The maximum absolute atomic E-state index is 14.0. The number of alkyl carbamates (subject to hydrolysis) is 1. The van der Waals surface area contributed by atoms with E-state index in [1.807, 2.05) is 57.3 Å².